The third kappa shape index (κ3) is 2.99. The molecule has 3 nitrogen and oxygen atoms in total. The van der Waals surface area contributed by atoms with Crippen LogP contribution in [0.25, 0.3) is 0 Å². The fraction of sp³-hybridized carbons (Fsp3) is 0.444. The summed E-state index contributed by atoms with van der Waals surface area (Å²) in [5.74, 6) is -0.129. The van der Waals surface area contributed by atoms with E-state index in [1.165, 1.54) is 18.3 Å². The van der Waals surface area contributed by atoms with E-state index in [4.69, 9.17) is 5.11 Å². The van der Waals surface area contributed by atoms with E-state index in [9.17, 15) is 4.39 Å². The number of hydrogen-bond acceptors (Lipinski definition) is 3. The Kier molecular flexibility index (Phi) is 3.64. The lowest BCUT2D eigenvalue weighted by atomic mass is 10.2. The number of aromatic nitrogens is 1. The van der Waals surface area contributed by atoms with Crippen molar-refractivity contribution < 1.29 is 9.50 Å². The summed E-state index contributed by atoms with van der Waals surface area (Å²) in [5.41, 5.74) is 0. The molecule has 0 aromatic carbocycles. The SMILES string of the molecule is C[C@H](CCO)Nc1ncccc1F. The van der Waals surface area contributed by atoms with Gasteiger partial charge in [0.15, 0.2) is 11.6 Å². The molecule has 0 saturated heterocycles. The van der Waals surface area contributed by atoms with Crippen LogP contribution < -0.4 is 5.32 Å². The molecule has 0 aliphatic rings. The lowest BCUT2D eigenvalue weighted by Gasteiger charge is -2.12. The Balaban J connectivity index is 2.58. The molecule has 1 atom stereocenters. The van der Waals surface area contributed by atoms with Gasteiger partial charge in [-0.2, -0.15) is 0 Å². The van der Waals surface area contributed by atoms with E-state index in [-0.39, 0.29) is 24.3 Å². The van der Waals surface area contributed by atoms with Gasteiger partial charge in [0, 0.05) is 18.8 Å². The van der Waals surface area contributed by atoms with Crippen LogP contribution in [0.1, 0.15) is 13.3 Å². The molecule has 0 aliphatic heterocycles. The lowest BCUT2D eigenvalue weighted by molar-refractivity contribution is 0.282. The molecule has 1 aromatic rings. The second-order valence-corrected chi connectivity index (χ2v) is 2.89. The van der Waals surface area contributed by atoms with Gasteiger partial charge >= 0.3 is 0 Å². The summed E-state index contributed by atoms with van der Waals surface area (Å²) in [5, 5.41) is 11.5. The fourth-order valence-electron chi connectivity index (χ4n) is 0.991. The van der Waals surface area contributed by atoms with Gasteiger partial charge in [-0.05, 0) is 25.5 Å². The fourth-order valence-corrected chi connectivity index (χ4v) is 0.991. The average Bonchev–Trinajstić information content (AvgIpc) is 2.09. The number of pyridine rings is 1. The van der Waals surface area contributed by atoms with Crippen LogP contribution in [-0.2, 0) is 0 Å². The predicted molar refractivity (Wildman–Crippen MR) is 49.0 cm³/mol. The van der Waals surface area contributed by atoms with Gasteiger partial charge in [0.2, 0.25) is 0 Å². The second-order valence-electron chi connectivity index (χ2n) is 2.89. The number of anilines is 1. The van der Waals surface area contributed by atoms with Crippen LogP contribution in [0.5, 0.6) is 0 Å². The highest BCUT2D eigenvalue weighted by atomic mass is 19.1. The van der Waals surface area contributed by atoms with Gasteiger partial charge in [-0.25, -0.2) is 9.37 Å². The highest BCUT2D eigenvalue weighted by Gasteiger charge is 2.05. The molecule has 0 fully saturated rings. The molecule has 72 valence electrons. The lowest BCUT2D eigenvalue weighted by Crippen LogP contribution is -2.18. The molecule has 4 heteroatoms. The van der Waals surface area contributed by atoms with Crippen LogP contribution in [0.4, 0.5) is 10.2 Å². The molecule has 13 heavy (non-hydrogen) atoms. The number of halogens is 1. The molecule has 0 spiro atoms. The summed E-state index contributed by atoms with van der Waals surface area (Å²) in [6, 6.07) is 2.91. The van der Waals surface area contributed by atoms with Gasteiger partial charge in [0.25, 0.3) is 0 Å². The van der Waals surface area contributed by atoms with Crippen molar-refractivity contribution in [2.45, 2.75) is 19.4 Å². The molecule has 0 saturated carbocycles. The highest BCUT2D eigenvalue weighted by molar-refractivity contribution is 5.36. The van der Waals surface area contributed by atoms with E-state index in [1.807, 2.05) is 6.92 Å². The van der Waals surface area contributed by atoms with Gasteiger partial charge in [-0.3, -0.25) is 0 Å². The predicted octanol–water partition coefficient (Wildman–Crippen LogP) is 1.40. The van der Waals surface area contributed by atoms with Gasteiger partial charge < -0.3 is 10.4 Å². The Morgan fingerprint density at radius 3 is 3.08 bits per heavy atom. The summed E-state index contributed by atoms with van der Waals surface area (Å²) in [6.45, 7) is 1.95. The van der Waals surface area contributed by atoms with Crippen LogP contribution in [0.3, 0.4) is 0 Å². The number of nitrogens with one attached hydrogen (secondary N) is 1. The molecule has 0 amide bonds. The highest BCUT2D eigenvalue weighted by Crippen LogP contribution is 2.10. The Labute approximate surface area is 76.6 Å². The van der Waals surface area contributed by atoms with Crippen LogP contribution >= 0.6 is 0 Å². The number of aliphatic hydroxyl groups excluding tert-OH is 1. The third-order valence-electron chi connectivity index (χ3n) is 1.70. The van der Waals surface area contributed by atoms with Crippen LogP contribution in [0, 0.1) is 5.82 Å². The number of rotatable bonds is 4. The number of hydrogen-bond donors (Lipinski definition) is 2. The zero-order valence-corrected chi connectivity index (χ0v) is 7.50. The Bertz CT molecular complexity index is 268. The molecule has 1 aromatic heterocycles. The van der Waals surface area contributed by atoms with Crippen LogP contribution in [0.15, 0.2) is 18.3 Å². The van der Waals surface area contributed by atoms with Gasteiger partial charge in [0.1, 0.15) is 0 Å². The molecular weight excluding hydrogens is 171 g/mol. The molecule has 0 radical (unpaired) electrons. The van der Waals surface area contributed by atoms with Crippen molar-refractivity contribution in [3.63, 3.8) is 0 Å². The number of nitrogens with zero attached hydrogens (tertiary/aromatic N) is 1. The second kappa shape index (κ2) is 4.77. The quantitative estimate of drug-likeness (QED) is 0.743. The molecule has 0 unspecified atom stereocenters. The molecule has 2 N–H and O–H groups in total. The normalized spacial score (nSPS) is 12.5. The van der Waals surface area contributed by atoms with Crippen molar-refractivity contribution in [2.24, 2.45) is 0 Å². The van der Waals surface area contributed by atoms with Crippen molar-refractivity contribution in [1.82, 2.24) is 4.98 Å². The standard InChI is InChI=1S/C9H13FN2O/c1-7(4-6-13)12-9-8(10)3-2-5-11-9/h2-3,5,7,13H,4,6H2,1H3,(H,11,12)/t7-/m1/s1. The zero-order valence-electron chi connectivity index (χ0n) is 7.50. The zero-order chi connectivity index (χ0) is 9.68. The third-order valence-corrected chi connectivity index (χ3v) is 1.70. The first-order valence-corrected chi connectivity index (χ1v) is 4.22. The van der Waals surface area contributed by atoms with E-state index in [0.29, 0.717) is 6.42 Å². The topological polar surface area (TPSA) is 45.1 Å². The first-order valence-electron chi connectivity index (χ1n) is 4.22. The Morgan fingerprint density at radius 1 is 1.69 bits per heavy atom. The van der Waals surface area contributed by atoms with E-state index in [1.54, 1.807) is 0 Å². The average molecular weight is 184 g/mol. The Morgan fingerprint density at radius 2 is 2.46 bits per heavy atom. The van der Waals surface area contributed by atoms with Crippen LogP contribution in [-0.4, -0.2) is 22.7 Å². The molecular formula is C9H13FN2O. The van der Waals surface area contributed by atoms with Crippen molar-refractivity contribution >= 4 is 5.82 Å². The maximum absolute atomic E-state index is 13.0. The number of aliphatic hydroxyl groups is 1. The van der Waals surface area contributed by atoms with E-state index in [2.05, 4.69) is 10.3 Å². The van der Waals surface area contributed by atoms with E-state index in [0.717, 1.165) is 0 Å². The largest absolute Gasteiger partial charge is 0.396 e. The summed E-state index contributed by atoms with van der Waals surface area (Å²) >= 11 is 0. The van der Waals surface area contributed by atoms with Crippen molar-refractivity contribution in [2.75, 3.05) is 11.9 Å². The minimum absolute atomic E-state index is 0.0226. The van der Waals surface area contributed by atoms with Gasteiger partial charge in [0.05, 0.1) is 0 Å². The first-order chi connectivity index (χ1) is 6.24. The minimum atomic E-state index is -0.368. The maximum Gasteiger partial charge on any atom is 0.165 e. The minimum Gasteiger partial charge on any atom is -0.396 e. The summed E-state index contributed by atoms with van der Waals surface area (Å²) in [6.07, 6.45) is 2.10. The van der Waals surface area contributed by atoms with E-state index < -0.39 is 0 Å². The Hall–Kier alpha value is -1.16. The summed E-state index contributed by atoms with van der Waals surface area (Å²) in [7, 11) is 0. The van der Waals surface area contributed by atoms with Gasteiger partial charge in [-0.1, -0.05) is 0 Å². The maximum atomic E-state index is 13.0. The molecule has 0 bridgehead atoms. The summed E-state index contributed by atoms with van der Waals surface area (Å²) < 4.78 is 13.0. The molecule has 0 aliphatic carbocycles. The van der Waals surface area contributed by atoms with Gasteiger partial charge in [-0.15, -0.1) is 0 Å². The molecule has 1 rings (SSSR count). The monoisotopic (exact) mass is 184 g/mol. The smallest absolute Gasteiger partial charge is 0.165 e. The first kappa shape index (κ1) is 9.92. The van der Waals surface area contributed by atoms with E-state index >= 15 is 0 Å². The van der Waals surface area contributed by atoms with Crippen molar-refractivity contribution in [3.8, 4) is 0 Å². The van der Waals surface area contributed by atoms with Crippen molar-refractivity contribution in [1.29, 1.82) is 0 Å². The van der Waals surface area contributed by atoms with Crippen molar-refractivity contribution in [3.05, 3.63) is 24.1 Å². The molecule has 1 heterocycles. The summed E-state index contributed by atoms with van der Waals surface area (Å²) in [4.78, 5) is 3.83. The van der Waals surface area contributed by atoms with Crippen LogP contribution in [0.2, 0.25) is 0 Å².